The van der Waals surface area contributed by atoms with Gasteiger partial charge in [0.1, 0.15) is 5.01 Å². The average molecular weight is 377 g/mol. The van der Waals surface area contributed by atoms with E-state index in [2.05, 4.69) is 10.3 Å². The second-order valence-electron chi connectivity index (χ2n) is 6.13. The highest BCUT2D eigenvalue weighted by atomic mass is 32.1. The van der Waals surface area contributed by atoms with Gasteiger partial charge in [0.2, 0.25) is 5.91 Å². The summed E-state index contributed by atoms with van der Waals surface area (Å²) in [6.45, 7) is 0.524. The number of nitrogens with one attached hydrogen (secondary N) is 1. The molecule has 1 heterocycles. The van der Waals surface area contributed by atoms with E-state index in [1.165, 1.54) is 11.3 Å². The van der Waals surface area contributed by atoms with Gasteiger partial charge in [-0.15, -0.1) is 11.3 Å². The second-order valence-corrected chi connectivity index (χ2v) is 7.20. The molecule has 136 valence electrons. The second kappa shape index (κ2) is 9.06. The van der Waals surface area contributed by atoms with Gasteiger partial charge in [0.15, 0.2) is 11.7 Å². The predicted molar refractivity (Wildman–Crippen MR) is 105 cm³/mol. The molecule has 1 atom stereocenters. The van der Waals surface area contributed by atoms with Gasteiger partial charge in [0.05, 0.1) is 16.3 Å². The molecule has 3 rings (SSSR count). The molecule has 0 aliphatic carbocycles. The van der Waals surface area contributed by atoms with Gasteiger partial charge in [0, 0.05) is 19.4 Å². The maximum atomic E-state index is 12.4. The number of para-hydroxylation sites is 1. The number of hydrogen-bond acceptors (Lipinski definition) is 5. The zero-order valence-corrected chi connectivity index (χ0v) is 15.5. The zero-order valence-electron chi connectivity index (χ0n) is 14.7. The van der Waals surface area contributed by atoms with E-state index >= 15 is 0 Å². The van der Waals surface area contributed by atoms with Crippen LogP contribution in [0.3, 0.4) is 0 Å². The Morgan fingerprint density at radius 2 is 1.81 bits per heavy atom. The van der Waals surface area contributed by atoms with Crippen molar-refractivity contribution in [1.82, 2.24) is 10.3 Å². The van der Waals surface area contributed by atoms with Crippen LogP contribution in [0.15, 0.2) is 54.6 Å². The van der Waals surface area contributed by atoms with Crippen LogP contribution in [-0.4, -0.2) is 23.2 Å². The summed E-state index contributed by atoms with van der Waals surface area (Å²) in [4.78, 5) is 28.8. The summed E-state index contributed by atoms with van der Waals surface area (Å²) in [5.74, 6) is -1.37. The molecular formula is C21H19N3O2S. The molecule has 0 aliphatic rings. The Bertz CT molecular complexity index is 943. The monoisotopic (exact) mass is 377 g/mol. The first kappa shape index (κ1) is 18.7. The van der Waals surface area contributed by atoms with Crippen LogP contribution in [0.2, 0.25) is 0 Å². The van der Waals surface area contributed by atoms with Crippen molar-refractivity contribution in [3.63, 3.8) is 0 Å². The first-order chi connectivity index (χ1) is 13.2. The Balaban J connectivity index is 1.49. The number of benzene rings is 2. The number of thiazole rings is 1. The molecule has 1 aromatic heterocycles. The molecule has 0 spiro atoms. The van der Waals surface area contributed by atoms with Crippen molar-refractivity contribution in [3.05, 3.63) is 65.2 Å². The van der Waals surface area contributed by atoms with Crippen molar-refractivity contribution in [3.8, 4) is 6.07 Å². The molecule has 27 heavy (non-hydrogen) atoms. The van der Waals surface area contributed by atoms with E-state index < -0.39 is 5.92 Å². The predicted octanol–water partition coefficient (Wildman–Crippen LogP) is 3.61. The van der Waals surface area contributed by atoms with Gasteiger partial charge >= 0.3 is 0 Å². The normalized spacial score (nSPS) is 11.7. The molecule has 6 heteroatoms. The third-order valence-electron chi connectivity index (χ3n) is 4.19. The minimum atomic E-state index is -0.917. The number of aromatic nitrogens is 1. The van der Waals surface area contributed by atoms with Gasteiger partial charge in [-0.3, -0.25) is 9.59 Å². The Labute approximate surface area is 161 Å². The van der Waals surface area contributed by atoms with Gasteiger partial charge in [-0.05, 0) is 24.1 Å². The summed E-state index contributed by atoms with van der Waals surface area (Å²) in [6, 6.07) is 19.4. The SMILES string of the molecule is N#C[C@@H](C(=O)CCC(=O)NCCc1ccccc1)c1nc2ccccc2s1. The van der Waals surface area contributed by atoms with Crippen LogP contribution in [0.4, 0.5) is 0 Å². The summed E-state index contributed by atoms with van der Waals surface area (Å²) in [6.07, 6.45) is 0.856. The van der Waals surface area contributed by atoms with Crippen molar-refractivity contribution in [2.45, 2.75) is 25.2 Å². The molecular weight excluding hydrogens is 358 g/mol. The standard InChI is InChI=1S/C21H19N3O2S/c22-14-16(21-24-17-8-4-5-9-19(17)27-21)18(25)10-11-20(26)23-13-12-15-6-2-1-3-7-15/h1-9,16H,10-13H2,(H,23,26)/t16-/m0/s1. The Morgan fingerprint density at radius 1 is 1.07 bits per heavy atom. The van der Waals surface area contributed by atoms with Gasteiger partial charge in [0.25, 0.3) is 0 Å². The maximum absolute atomic E-state index is 12.4. The lowest BCUT2D eigenvalue weighted by atomic mass is 10.0. The average Bonchev–Trinajstić information content (AvgIpc) is 3.11. The number of amides is 1. The largest absolute Gasteiger partial charge is 0.356 e. The summed E-state index contributed by atoms with van der Waals surface area (Å²) in [5, 5.41) is 12.7. The Kier molecular flexibility index (Phi) is 6.29. The highest BCUT2D eigenvalue weighted by molar-refractivity contribution is 7.18. The number of nitriles is 1. The van der Waals surface area contributed by atoms with E-state index in [0.29, 0.717) is 11.6 Å². The minimum absolute atomic E-state index is 0.0331. The maximum Gasteiger partial charge on any atom is 0.220 e. The van der Waals surface area contributed by atoms with E-state index in [9.17, 15) is 14.9 Å². The van der Waals surface area contributed by atoms with Crippen molar-refractivity contribution in [2.24, 2.45) is 0 Å². The van der Waals surface area contributed by atoms with E-state index in [1.54, 1.807) is 0 Å². The molecule has 3 aromatic rings. The molecule has 2 aromatic carbocycles. The number of carbonyl (C=O) groups excluding carboxylic acids is 2. The highest BCUT2D eigenvalue weighted by Crippen LogP contribution is 2.28. The van der Waals surface area contributed by atoms with Crippen molar-refractivity contribution in [1.29, 1.82) is 5.26 Å². The van der Waals surface area contributed by atoms with Crippen LogP contribution < -0.4 is 5.32 Å². The molecule has 5 nitrogen and oxygen atoms in total. The molecule has 0 saturated carbocycles. The number of nitrogens with zero attached hydrogens (tertiary/aromatic N) is 2. The number of Topliss-reactive ketones (excluding diaryl/α,β-unsaturated/α-hetero) is 1. The number of rotatable bonds is 8. The quantitative estimate of drug-likeness (QED) is 0.650. The highest BCUT2D eigenvalue weighted by Gasteiger charge is 2.24. The molecule has 0 fully saturated rings. The zero-order chi connectivity index (χ0) is 19.1. The summed E-state index contributed by atoms with van der Waals surface area (Å²) in [5.41, 5.74) is 1.93. The fraction of sp³-hybridized carbons (Fsp3) is 0.238. The van der Waals surface area contributed by atoms with E-state index in [4.69, 9.17) is 0 Å². The van der Waals surface area contributed by atoms with Crippen LogP contribution in [0.25, 0.3) is 10.2 Å². The number of hydrogen-bond donors (Lipinski definition) is 1. The number of fused-ring (bicyclic) bond motifs is 1. The Morgan fingerprint density at radius 3 is 2.56 bits per heavy atom. The van der Waals surface area contributed by atoms with Crippen LogP contribution in [0, 0.1) is 11.3 Å². The van der Waals surface area contributed by atoms with Crippen LogP contribution >= 0.6 is 11.3 Å². The molecule has 1 N–H and O–H groups in total. The topological polar surface area (TPSA) is 82.8 Å². The summed E-state index contributed by atoms with van der Waals surface area (Å²) < 4.78 is 0.944. The Hall–Kier alpha value is -3.04. The summed E-state index contributed by atoms with van der Waals surface area (Å²) in [7, 11) is 0. The molecule has 0 bridgehead atoms. The smallest absolute Gasteiger partial charge is 0.220 e. The third-order valence-corrected chi connectivity index (χ3v) is 5.29. The summed E-state index contributed by atoms with van der Waals surface area (Å²) >= 11 is 1.35. The lowest BCUT2D eigenvalue weighted by Gasteiger charge is -2.07. The van der Waals surface area contributed by atoms with Crippen LogP contribution in [0.5, 0.6) is 0 Å². The third kappa shape index (κ3) is 4.99. The van der Waals surface area contributed by atoms with Crippen molar-refractivity contribution in [2.75, 3.05) is 6.54 Å². The molecule has 0 radical (unpaired) electrons. The van der Waals surface area contributed by atoms with Gasteiger partial charge in [-0.1, -0.05) is 42.5 Å². The minimum Gasteiger partial charge on any atom is -0.356 e. The number of carbonyl (C=O) groups is 2. The van der Waals surface area contributed by atoms with Crippen LogP contribution in [-0.2, 0) is 16.0 Å². The first-order valence-corrected chi connectivity index (χ1v) is 9.57. The molecule has 1 amide bonds. The molecule has 0 saturated heterocycles. The fourth-order valence-electron chi connectivity index (χ4n) is 2.74. The van der Waals surface area contributed by atoms with Gasteiger partial charge in [-0.25, -0.2) is 4.98 Å². The van der Waals surface area contributed by atoms with Crippen LogP contribution in [0.1, 0.15) is 29.3 Å². The van der Waals surface area contributed by atoms with Crippen molar-refractivity contribution >= 4 is 33.2 Å². The van der Waals surface area contributed by atoms with E-state index in [1.807, 2.05) is 60.7 Å². The van der Waals surface area contributed by atoms with Crippen molar-refractivity contribution < 1.29 is 9.59 Å². The first-order valence-electron chi connectivity index (χ1n) is 8.76. The molecule has 0 aliphatic heterocycles. The lowest BCUT2D eigenvalue weighted by Crippen LogP contribution is -2.26. The van der Waals surface area contributed by atoms with E-state index in [-0.39, 0.29) is 24.5 Å². The van der Waals surface area contributed by atoms with Gasteiger partial charge < -0.3 is 5.32 Å². The lowest BCUT2D eigenvalue weighted by molar-refractivity contribution is -0.125. The van der Waals surface area contributed by atoms with E-state index in [0.717, 1.165) is 22.2 Å². The number of ketones is 1. The van der Waals surface area contributed by atoms with Gasteiger partial charge in [-0.2, -0.15) is 5.26 Å². The molecule has 0 unspecified atom stereocenters. The fourth-order valence-corrected chi connectivity index (χ4v) is 3.78.